The Hall–Kier alpha value is -3.35. The van der Waals surface area contributed by atoms with Crippen molar-refractivity contribution in [3.05, 3.63) is 47.3 Å². The average Bonchev–Trinajstić information content (AvgIpc) is 3.03. The van der Waals surface area contributed by atoms with Gasteiger partial charge in [-0.05, 0) is 57.0 Å². The van der Waals surface area contributed by atoms with Gasteiger partial charge >= 0.3 is 0 Å². The van der Waals surface area contributed by atoms with E-state index in [-0.39, 0.29) is 6.10 Å². The number of carbonyl (C=O) groups is 1. The normalized spacial score (nSPS) is 13.4. The number of fused-ring (bicyclic) bond motifs is 3. The minimum Gasteiger partial charge on any atom is -0.489 e. The van der Waals surface area contributed by atoms with E-state index >= 15 is 0 Å². The van der Waals surface area contributed by atoms with E-state index in [4.69, 9.17) is 15.5 Å². The van der Waals surface area contributed by atoms with Crippen LogP contribution < -0.4 is 15.8 Å². The average molecular weight is 377 g/mol. The highest BCUT2D eigenvalue weighted by Crippen LogP contribution is 2.34. The smallest absolute Gasteiger partial charge is 0.248 e. The van der Waals surface area contributed by atoms with E-state index in [0.29, 0.717) is 17.0 Å². The van der Waals surface area contributed by atoms with Crippen molar-refractivity contribution in [2.75, 3.05) is 5.32 Å². The second-order valence-electron chi connectivity index (χ2n) is 7.22. The third-order valence-electron chi connectivity index (χ3n) is 4.61. The molecule has 0 radical (unpaired) electrons. The maximum Gasteiger partial charge on any atom is 0.248 e. The first-order valence-corrected chi connectivity index (χ1v) is 9.34. The fourth-order valence-electron chi connectivity index (χ4n) is 3.38. The summed E-state index contributed by atoms with van der Waals surface area (Å²) in [4.78, 5) is 24.3. The van der Waals surface area contributed by atoms with Crippen LogP contribution in [-0.4, -0.2) is 27.8 Å². The van der Waals surface area contributed by atoms with Gasteiger partial charge < -0.3 is 20.8 Å². The van der Waals surface area contributed by atoms with Crippen LogP contribution in [0.1, 0.15) is 42.0 Å². The second kappa shape index (κ2) is 6.99. The Morgan fingerprint density at radius 1 is 1.25 bits per heavy atom. The van der Waals surface area contributed by atoms with Crippen molar-refractivity contribution < 1.29 is 9.53 Å². The highest BCUT2D eigenvalue weighted by molar-refractivity contribution is 6.04. The second-order valence-corrected chi connectivity index (χ2v) is 7.22. The topological polar surface area (TPSA) is 105 Å². The van der Waals surface area contributed by atoms with Gasteiger partial charge in [-0.1, -0.05) is 6.07 Å². The van der Waals surface area contributed by atoms with Gasteiger partial charge in [0.1, 0.15) is 22.9 Å². The van der Waals surface area contributed by atoms with E-state index in [1.54, 1.807) is 18.2 Å². The third-order valence-corrected chi connectivity index (χ3v) is 4.61. The number of H-pyrrole nitrogens is 1. The quantitative estimate of drug-likeness (QED) is 0.642. The predicted molar refractivity (Wildman–Crippen MR) is 111 cm³/mol. The molecule has 1 aliphatic rings. The molecule has 2 heterocycles. The van der Waals surface area contributed by atoms with Gasteiger partial charge in [0.2, 0.25) is 5.91 Å². The minimum absolute atomic E-state index is 0.000606. The first kappa shape index (κ1) is 18.0. The number of carbonyl (C=O) groups excluding carboxylic acids is 1. The molecule has 1 aromatic heterocycles. The van der Waals surface area contributed by atoms with Gasteiger partial charge in [0.15, 0.2) is 0 Å². The van der Waals surface area contributed by atoms with E-state index in [2.05, 4.69) is 21.4 Å². The standard InChI is InChI=1S/C21H23N5O2/c1-11(2)28-17-8-5-14(21(22)27)10-16(17)25-18-9-6-13-4-7-15-20(19(13)26-18)24-12(3)23-15/h4-5,7-8,10-11H,6,9H2,1-3H3,(H2,22,27)(H,23,24)(H,25,26). The van der Waals surface area contributed by atoms with Gasteiger partial charge in [0.05, 0.1) is 23.0 Å². The molecule has 0 unspecified atom stereocenters. The molecule has 144 valence electrons. The lowest BCUT2D eigenvalue weighted by Crippen LogP contribution is -2.19. The summed E-state index contributed by atoms with van der Waals surface area (Å²) in [7, 11) is 0. The molecule has 0 saturated heterocycles. The number of hydrogen-bond donors (Lipinski definition) is 3. The highest BCUT2D eigenvalue weighted by atomic mass is 16.5. The molecule has 0 atom stereocenters. The molecule has 3 aromatic rings. The van der Waals surface area contributed by atoms with Crippen LogP contribution in [-0.2, 0) is 6.42 Å². The zero-order valence-electron chi connectivity index (χ0n) is 16.2. The van der Waals surface area contributed by atoms with Gasteiger partial charge in [-0.25, -0.2) is 9.98 Å². The van der Waals surface area contributed by atoms with Crippen molar-refractivity contribution in [3.8, 4) is 5.75 Å². The number of aromatic amines is 1. The zero-order chi connectivity index (χ0) is 19.8. The zero-order valence-corrected chi connectivity index (χ0v) is 16.2. The molecule has 2 aromatic carbocycles. The van der Waals surface area contributed by atoms with Crippen molar-refractivity contribution in [3.63, 3.8) is 0 Å². The third kappa shape index (κ3) is 3.43. The summed E-state index contributed by atoms with van der Waals surface area (Å²) in [5.41, 5.74) is 10.4. The number of nitrogens with two attached hydrogens (primary N) is 1. The fourth-order valence-corrected chi connectivity index (χ4v) is 3.38. The molecule has 0 spiro atoms. The highest BCUT2D eigenvalue weighted by Gasteiger charge is 2.18. The minimum atomic E-state index is -0.483. The first-order valence-electron chi connectivity index (χ1n) is 9.34. The number of nitrogens with one attached hydrogen (secondary N) is 2. The van der Waals surface area contributed by atoms with Gasteiger partial charge in [0, 0.05) is 12.0 Å². The Balaban J connectivity index is 1.73. The molecule has 1 aliphatic heterocycles. The Morgan fingerprint density at radius 2 is 2.07 bits per heavy atom. The van der Waals surface area contributed by atoms with Crippen molar-refractivity contribution in [1.29, 1.82) is 0 Å². The van der Waals surface area contributed by atoms with Crippen LogP contribution >= 0.6 is 0 Å². The van der Waals surface area contributed by atoms with Crippen molar-refractivity contribution in [2.24, 2.45) is 10.7 Å². The summed E-state index contributed by atoms with van der Waals surface area (Å²) in [6.07, 6.45) is 1.61. The van der Waals surface area contributed by atoms with E-state index < -0.39 is 5.91 Å². The fraction of sp³-hybridized carbons (Fsp3) is 0.286. The lowest BCUT2D eigenvalue weighted by Gasteiger charge is -2.20. The molecule has 0 bridgehead atoms. The largest absolute Gasteiger partial charge is 0.489 e. The molecule has 0 fully saturated rings. The van der Waals surface area contributed by atoms with Crippen LogP contribution in [0.15, 0.2) is 35.3 Å². The van der Waals surface area contributed by atoms with E-state index in [1.165, 1.54) is 5.56 Å². The first-order chi connectivity index (χ1) is 13.4. The van der Waals surface area contributed by atoms with Crippen LogP contribution in [0.25, 0.3) is 11.0 Å². The predicted octanol–water partition coefficient (Wildman–Crippen LogP) is 3.85. The van der Waals surface area contributed by atoms with Gasteiger partial charge in [-0.3, -0.25) is 4.79 Å². The van der Waals surface area contributed by atoms with E-state index in [0.717, 1.165) is 41.2 Å². The van der Waals surface area contributed by atoms with Crippen LogP contribution in [0, 0.1) is 6.92 Å². The number of aryl methyl sites for hydroxylation is 2. The Bertz CT molecular complexity index is 1100. The number of nitrogens with zero attached hydrogens (tertiary/aromatic N) is 2. The lowest BCUT2D eigenvalue weighted by molar-refractivity contribution is 0.100. The van der Waals surface area contributed by atoms with Crippen LogP contribution in [0.5, 0.6) is 5.75 Å². The van der Waals surface area contributed by atoms with Crippen molar-refractivity contribution in [1.82, 2.24) is 9.97 Å². The number of amides is 1. The number of ether oxygens (including phenoxy) is 1. The van der Waals surface area contributed by atoms with Crippen LogP contribution in [0.3, 0.4) is 0 Å². The molecule has 0 aliphatic carbocycles. The summed E-state index contributed by atoms with van der Waals surface area (Å²) < 4.78 is 5.88. The SMILES string of the molecule is Cc1nc2c3c(ccc2[nH]1)CCC(Nc1cc(C(N)=O)ccc1OC(C)C)=N3. The molecule has 7 heteroatoms. The number of imidazole rings is 1. The molecule has 0 saturated carbocycles. The molecule has 7 nitrogen and oxygen atoms in total. The van der Waals surface area contributed by atoms with Gasteiger partial charge in [-0.2, -0.15) is 0 Å². The summed E-state index contributed by atoms with van der Waals surface area (Å²) in [6, 6.07) is 9.27. The molecular formula is C21H23N5O2. The Labute approximate surface area is 163 Å². The summed E-state index contributed by atoms with van der Waals surface area (Å²) in [6.45, 7) is 5.84. The number of primary amides is 1. The number of amidine groups is 1. The van der Waals surface area contributed by atoms with Crippen LogP contribution in [0.4, 0.5) is 11.4 Å². The number of aliphatic imine (C=N–C) groups is 1. The number of benzene rings is 2. The summed E-state index contributed by atoms with van der Waals surface area (Å²) >= 11 is 0. The summed E-state index contributed by atoms with van der Waals surface area (Å²) in [5.74, 6) is 1.84. The number of rotatable bonds is 4. The summed E-state index contributed by atoms with van der Waals surface area (Å²) in [5, 5.41) is 3.34. The Kier molecular flexibility index (Phi) is 4.50. The van der Waals surface area contributed by atoms with Crippen molar-refractivity contribution >= 4 is 34.2 Å². The van der Waals surface area contributed by atoms with E-state index in [1.807, 2.05) is 26.8 Å². The molecule has 4 rings (SSSR count). The lowest BCUT2D eigenvalue weighted by atomic mass is 10.0. The van der Waals surface area contributed by atoms with Crippen molar-refractivity contribution in [2.45, 2.75) is 39.7 Å². The maximum atomic E-state index is 11.6. The number of aromatic nitrogens is 2. The molecule has 1 amide bonds. The van der Waals surface area contributed by atoms with Gasteiger partial charge in [-0.15, -0.1) is 0 Å². The molecule has 28 heavy (non-hydrogen) atoms. The number of hydrogen-bond acceptors (Lipinski definition) is 5. The molecule has 4 N–H and O–H groups in total. The number of anilines is 1. The Morgan fingerprint density at radius 3 is 2.82 bits per heavy atom. The maximum absolute atomic E-state index is 11.6. The monoisotopic (exact) mass is 377 g/mol. The van der Waals surface area contributed by atoms with Crippen LogP contribution in [0.2, 0.25) is 0 Å². The molecular weight excluding hydrogens is 354 g/mol. The van der Waals surface area contributed by atoms with Gasteiger partial charge in [0.25, 0.3) is 0 Å². The van der Waals surface area contributed by atoms with E-state index in [9.17, 15) is 4.79 Å².